The molecule has 1 saturated carbocycles. The summed E-state index contributed by atoms with van der Waals surface area (Å²) in [6, 6.07) is 14.9. The lowest BCUT2D eigenvalue weighted by Crippen LogP contribution is -2.10. The van der Waals surface area contributed by atoms with Gasteiger partial charge < -0.3 is 0 Å². The van der Waals surface area contributed by atoms with E-state index in [1.54, 1.807) is 0 Å². The van der Waals surface area contributed by atoms with Gasteiger partial charge in [0.2, 0.25) is 0 Å². The predicted molar refractivity (Wildman–Crippen MR) is 66.3 cm³/mol. The van der Waals surface area contributed by atoms with Gasteiger partial charge in [-0.3, -0.25) is 4.98 Å². The van der Waals surface area contributed by atoms with Gasteiger partial charge in [0.15, 0.2) is 0 Å². The van der Waals surface area contributed by atoms with Crippen LogP contribution in [0.2, 0.25) is 0 Å². The zero-order chi connectivity index (χ0) is 10.8. The van der Waals surface area contributed by atoms with E-state index in [2.05, 4.69) is 47.4 Å². The van der Waals surface area contributed by atoms with E-state index < -0.39 is 0 Å². The summed E-state index contributed by atoms with van der Waals surface area (Å²) in [5.41, 5.74) is 3.84. The molecule has 1 aliphatic rings. The Morgan fingerprint density at radius 2 is 1.75 bits per heavy atom. The van der Waals surface area contributed by atoms with Crippen LogP contribution in [0.3, 0.4) is 0 Å². The highest BCUT2D eigenvalue weighted by atomic mass is 14.7. The average molecular weight is 209 g/mol. The van der Waals surface area contributed by atoms with E-state index in [0.717, 1.165) is 0 Å². The molecule has 0 atom stereocenters. The number of nitrogens with zero attached hydrogens (tertiary/aromatic N) is 1. The molecule has 0 radical (unpaired) electrons. The van der Waals surface area contributed by atoms with Crippen molar-refractivity contribution in [1.82, 2.24) is 4.98 Å². The van der Waals surface area contributed by atoms with Crippen molar-refractivity contribution in [2.75, 3.05) is 0 Å². The minimum atomic E-state index is 0.712. The van der Waals surface area contributed by atoms with Crippen molar-refractivity contribution in [3.63, 3.8) is 0 Å². The molecule has 0 saturated heterocycles. The molecule has 1 heteroatoms. The second kappa shape index (κ2) is 4.09. The Balaban J connectivity index is 1.96. The van der Waals surface area contributed by atoms with Crippen LogP contribution in [0.25, 0.3) is 11.1 Å². The third kappa shape index (κ3) is 1.73. The van der Waals surface area contributed by atoms with Crippen molar-refractivity contribution < 1.29 is 0 Å². The maximum absolute atomic E-state index is 4.49. The molecule has 0 amide bonds. The first-order valence-corrected chi connectivity index (χ1v) is 5.95. The van der Waals surface area contributed by atoms with Crippen LogP contribution in [-0.4, -0.2) is 4.98 Å². The van der Waals surface area contributed by atoms with Crippen molar-refractivity contribution in [2.45, 2.75) is 25.2 Å². The Morgan fingerprint density at radius 1 is 0.938 bits per heavy atom. The van der Waals surface area contributed by atoms with Crippen LogP contribution in [0.1, 0.15) is 30.9 Å². The minimum Gasteiger partial charge on any atom is -0.261 e. The van der Waals surface area contributed by atoms with Gasteiger partial charge in [-0.15, -0.1) is 0 Å². The van der Waals surface area contributed by atoms with E-state index >= 15 is 0 Å². The summed E-state index contributed by atoms with van der Waals surface area (Å²) >= 11 is 0. The maximum atomic E-state index is 4.49. The Kier molecular flexibility index (Phi) is 2.45. The lowest BCUT2D eigenvalue weighted by atomic mass is 9.82. The SMILES string of the molecule is c1ccc(-c2ccnc(C3CCC3)c2)cc1. The highest BCUT2D eigenvalue weighted by Gasteiger charge is 2.20. The van der Waals surface area contributed by atoms with Gasteiger partial charge in [-0.1, -0.05) is 36.8 Å². The lowest BCUT2D eigenvalue weighted by molar-refractivity contribution is 0.411. The molecular formula is C15H15N. The normalized spacial score (nSPS) is 15.8. The van der Waals surface area contributed by atoms with Crippen LogP contribution >= 0.6 is 0 Å². The zero-order valence-electron chi connectivity index (χ0n) is 9.26. The molecular weight excluding hydrogens is 194 g/mol. The fraction of sp³-hybridized carbons (Fsp3) is 0.267. The summed E-state index contributed by atoms with van der Waals surface area (Å²) in [5.74, 6) is 0.712. The number of hydrogen-bond acceptors (Lipinski definition) is 1. The van der Waals surface area contributed by atoms with Gasteiger partial charge in [0.05, 0.1) is 0 Å². The van der Waals surface area contributed by atoms with Gasteiger partial charge >= 0.3 is 0 Å². The van der Waals surface area contributed by atoms with E-state index in [9.17, 15) is 0 Å². The van der Waals surface area contributed by atoms with E-state index in [0.29, 0.717) is 5.92 Å². The van der Waals surface area contributed by atoms with Crippen LogP contribution in [0, 0.1) is 0 Å². The highest BCUT2D eigenvalue weighted by Crippen LogP contribution is 2.36. The molecule has 80 valence electrons. The van der Waals surface area contributed by atoms with Crippen LogP contribution < -0.4 is 0 Å². The number of hydrogen-bond donors (Lipinski definition) is 0. The first-order chi connectivity index (χ1) is 7.93. The summed E-state index contributed by atoms with van der Waals surface area (Å²) in [6.45, 7) is 0. The van der Waals surface area contributed by atoms with E-state index in [-0.39, 0.29) is 0 Å². The van der Waals surface area contributed by atoms with Crippen LogP contribution in [-0.2, 0) is 0 Å². The molecule has 1 aliphatic carbocycles. The van der Waals surface area contributed by atoms with Crippen LogP contribution in [0.4, 0.5) is 0 Å². The van der Waals surface area contributed by atoms with Gasteiger partial charge in [0.1, 0.15) is 0 Å². The molecule has 0 unspecified atom stereocenters. The molecule has 0 aliphatic heterocycles. The van der Waals surface area contributed by atoms with Crippen molar-refractivity contribution in [3.8, 4) is 11.1 Å². The van der Waals surface area contributed by atoms with Gasteiger partial charge in [-0.25, -0.2) is 0 Å². The Labute approximate surface area is 96.2 Å². The minimum absolute atomic E-state index is 0.712. The molecule has 0 bridgehead atoms. The largest absolute Gasteiger partial charge is 0.261 e. The van der Waals surface area contributed by atoms with Crippen LogP contribution in [0.15, 0.2) is 48.7 Å². The van der Waals surface area contributed by atoms with Crippen molar-refractivity contribution in [2.24, 2.45) is 0 Å². The van der Waals surface area contributed by atoms with Gasteiger partial charge in [0.25, 0.3) is 0 Å². The summed E-state index contributed by atoms with van der Waals surface area (Å²) in [7, 11) is 0. The summed E-state index contributed by atoms with van der Waals surface area (Å²) in [5, 5.41) is 0. The number of aromatic nitrogens is 1. The number of rotatable bonds is 2. The molecule has 2 aromatic rings. The third-order valence-electron chi connectivity index (χ3n) is 3.41. The summed E-state index contributed by atoms with van der Waals surface area (Å²) < 4.78 is 0. The van der Waals surface area contributed by atoms with Crippen molar-refractivity contribution in [1.29, 1.82) is 0 Å². The average Bonchev–Trinajstić information content (AvgIpc) is 2.28. The second-order valence-corrected chi connectivity index (χ2v) is 4.46. The quantitative estimate of drug-likeness (QED) is 0.728. The van der Waals surface area contributed by atoms with E-state index in [4.69, 9.17) is 0 Å². The molecule has 1 fully saturated rings. The molecule has 1 nitrogen and oxygen atoms in total. The van der Waals surface area contributed by atoms with Crippen molar-refractivity contribution >= 4 is 0 Å². The fourth-order valence-corrected chi connectivity index (χ4v) is 2.19. The lowest BCUT2D eigenvalue weighted by Gasteiger charge is -2.24. The molecule has 1 aromatic carbocycles. The summed E-state index contributed by atoms with van der Waals surface area (Å²) in [6.07, 6.45) is 5.92. The maximum Gasteiger partial charge on any atom is 0.0440 e. The standard InChI is InChI=1S/C15H15N/c1-2-5-12(6-3-1)14-9-10-16-15(11-14)13-7-4-8-13/h1-3,5-6,9-11,13H,4,7-8H2. The Morgan fingerprint density at radius 3 is 2.44 bits per heavy atom. The first kappa shape index (κ1) is 9.59. The second-order valence-electron chi connectivity index (χ2n) is 4.46. The highest BCUT2D eigenvalue weighted by molar-refractivity contribution is 5.63. The Bertz CT molecular complexity index is 472. The molecule has 16 heavy (non-hydrogen) atoms. The van der Waals surface area contributed by atoms with Crippen molar-refractivity contribution in [3.05, 3.63) is 54.4 Å². The molecule has 1 heterocycles. The van der Waals surface area contributed by atoms with Gasteiger partial charge in [-0.2, -0.15) is 0 Å². The van der Waals surface area contributed by atoms with Crippen LogP contribution in [0.5, 0.6) is 0 Å². The monoisotopic (exact) mass is 209 g/mol. The molecule has 1 aromatic heterocycles. The van der Waals surface area contributed by atoms with Gasteiger partial charge in [-0.05, 0) is 36.1 Å². The van der Waals surface area contributed by atoms with E-state index in [1.165, 1.54) is 36.1 Å². The molecule has 0 N–H and O–H groups in total. The number of benzene rings is 1. The van der Waals surface area contributed by atoms with Gasteiger partial charge in [0, 0.05) is 17.8 Å². The summed E-state index contributed by atoms with van der Waals surface area (Å²) in [4.78, 5) is 4.49. The topological polar surface area (TPSA) is 12.9 Å². The zero-order valence-corrected chi connectivity index (χ0v) is 9.26. The Hall–Kier alpha value is -1.63. The fourth-order valence-electron chi connectivity index (χ4n) is 2.19. The third-order valence-corrected chi connectivity index (χ3v) is 3.41. The first-order valence-electron chi connectivity index (χ1n) is 5.95. The van der Waals surface area contributed by atoms with E-state index in [1.807, 2.05) is 6.20 Å². The molecule has 0 spiro atoms. The predicted octanol–water partition coefficient (Wildman–Crippen LogP) is 4.02. The number of pyridine rings is 1. The molecule has 3 rings (SSSR count). The smallest absolute Gasteiger partial charge is 0.0440 e.